The number of amides is 1. The van der Waals surface area contributed by atoms with Crippen LogP contribution in [-0.4, -0.2) is 11.8 Å². The van der Waals surface area contributed by atoms with Crippen LogP contribution < -0.4 is 4.90 Å². The molecule has 1 amide bonds. The zero-order chi connectivity index (χ0) is 14.3. The summed E-state index contributed by atoms with van der Waals surface area (Å²) in [6, 6.07) is 11.7. The van der Waals surface area contributed by atoms with Crippen LogP contribution in [-0.2, 0) is 4.79 Å². The minimum Gasteiger partial charge on any atom is -0.293 e. The van der Waals surface area contributed by atoms with E-state index in [1.54, 1.807) is 30.3 Å². The molecule has 0 saturated carbocycles. The molecule has 0 N–H and O–H groups in total. The Morgan fingerprint density at radius 3 is 2.20 bits per heavy atom. The van der Waals surface area contributed by atoms with E-state index in [9.17, 15) is 18.0 Å². The lowest BCUT2D eigenvalue weighted by Crippen LogP contribution is -2.64. The van der Waals surface area contributed by atoms with Gasteiger partial charge < -0.3 is 0 Å². The number of alkyl halides is 2. The Labute approximate surface area is 113 Å². The molecule has 20 heavy (non-hydrogen) atoms. The normalized spacial score (nSPS) is 20.6. The highest BCUT2D eigenvalue weighted by Crippen LogP contribution is 2.49. The van der Waals surface area contributed by atoms with Crippen LogP contribution in [0.4, 0.5) is 18.9 Å². The van der Waals surface area contributed by atoms with E-state index in [2.05, 4.69) is 0 Å². The SMILES string of the molecule is O=C1N(c2ccccc2)[C@H](c2ccccc2F)C1(F)F. The Hall–Kier alpha value is -2.30. The van der Waals surface area contributed by atoms with Gasteiger partial charge in [-0.25, -0.2) is 4.39 Å². The predicted molar refractivity (Wildman–Crippen MR) is 68.0 cm³/mol. The van der Waals surface area contributed by atoms with Crippen LogP contribution in [0.5, 0.6) is 0 Å². The third-order valence-corrected chi connectivity index (χ3v) is 3.34. The van der Waals surface area contributed by atoms with Gasteiger partial charge in [0.25, 0.3) is 0 Å². The number of para-hydroxylation sites is 1. The van der Waals surface area contributed by atoms with E-state index in [1.807, 2.05) is 0 Å². The van der Waals surface area contributed by atoms with E-state index < -0.39 is 23.7 Å². The van der Waals surface area contributed by atoms with Crippen LogP contribution in [0.1, 0.15) is 11.6 Å². The highest BCUT2D eigenvalue weighted by atomic mass is 19.3. The maximum Gasteiger partial charge on any atom is 0.349 e. The first-order chi connectivity index (χ1) is 9.53. The second-order valence-electron chi connectivity index (χ2n) is 4.56. The molecule has 0 bridgehead atoms. The van der Waals surface area contributed by atoms with Crippen molar-refractivity contribution >= 4 is 11.6 Å². The lowest BCUT2D eigenvalue weighted by molar-refractivity contribution is -0.162. The second-order valence-corrected chi connectivity index (χ2v) is 4.56. The number of rotatable bonds is 2. The van der Waals surface area contributed by atoms with E-state index >= 15 is 0 Å². The molecule has 2 aromatic carbocycles. The fourth-order valence-corrected chi connectivity index (χ4v) is 2.38. The summed E-state index contributed by atoms with van der Waals surface area (Å²) in [5.74, 6) is -5.64. The summed E-state index contributed by atoms with van der Waals surface area (Å²) in [7, 11) is 0. The number of hydrogen-bond acceptors (Lipinski definition) is 1. The zero-order valence-electron chi connectivity index (χ0n) is 10.3. The van der Waals surface area contributed by atoms with Crippen molar-refractivity contribution in [1.82, 2.24) is 0 Å². The van der Waals surface area contributed by atoms with Crippen LogP contribution in [0.3, 0.4) is 0 Å². The molecule has 1 heterocycles. The number of carbonyl (C=O) groups excluding carboxylic acids is 1. The quantitative estimate of drug-likeness (QED) is 0.769. The molecule has 1 atom stereocenters. The van der Waals surface area contributed by atoms with E-state index in [-0.39, 0.29) is 5.56 Å². The van der Waals surface area contributed by atoms with Crippen LogP contribution in [0.15, 0.2) is 54.6 Å². The smallest absolute Gasteiger partial charge is 0.293 e. The number of anilines is 1. The van der Waals surface area contributed by atoms with Crippen molar-refractivity contribution in [2.45, 2.75) is 12.0 Å². The van der Waals surface area contributed by atoms with Gasteiger partial charge in [0.1, 0.15) is 11.9 Å². The summed E-state index contributed by atoms with van der Waals surface area (Å²) < 4.78 is 41.4. The molecule has 1 saturated heterocycles. The van der Waals surface area contributed by atoms with Crippen molar-refractivity contribution in [3.8, 4) is 0 Å². The molecule has 0 radical (unpaired) electrons. The molecule has 1 aliphatic heterocycles. The van der Waals surface area contributed by atoms with Crippen LogP contribution in [0.2, 0.25) is 0 Å². The standard InChI is InChI=1S/C15H10F3NO/c16-12-9-5-4-8-11(12)13-15(17,18)14(20)19(13)10-6-2-1-3-7-10/h1-9,13H/t13-/m1/s1. The lowest BCUT2D eigenvalue weighted by Gasteiger charge is -2.46. The van der Waals surface area contributed by atoms with Gasteiger partial charge in [-0.3, -0.25) is 9.69 Å². The van der Waals surface area contributed by atoms with Crippen LogP contribution >= 0.6 is 0 Å². The van der Waals surface area contributed by atoms with Gasteiger partial charge in [-0.15, -0.1) is 0 Å². The Morgan fingerprint density at radius 1 is 0.950 bits per heavy atom. The monoisotopic (exact) mass is 277 g/mol. The fraction of sp³-hybridized carbons (Fsp3) is 0.133. The molecule has 2 nitrogen and oxygen atoms in total. The fourth-order valence-electron chi connectivity index (χ4n) is 2.38. The summed E-state index contributed by atoms with van der Waals surface area (Å²) in [6.45, 7) is 0. The molecule has 0 aromatic heterocycles. The highest BCUT2D eigenvalue weighted by molar-refractivity contribution is 6.07. The highest BCUT2D eigenvalue weighted by Gasteiger charge is 2.65. The first-order valence-electron chi connectivity index (χ1n) is 6.04. The number of carbonyl (C=O) groups is 1. The van der Waals surface area contributed by atoms with Crippen LogP contribution in [0, 0.1) is 5.82 Å². The molecule has 0 unspecified atom stereocenters. The third-order valence-electron chi connectivity index (χ3n) is 3.34. The summed E-state index contributed by atoms with van der Waals surface area (Å²) in [5, 5.41) is 0. The zero-order valence-corrected chi connectivity index (χ0v) is 10.3. The van der Waals surface area contributed by atoms with Crippen molar-refractivity contribution in [2.24, 2.45) is 0 Å². The van der Waals surface area contributed by atoms with Gasteiger partial charge in [0.2, 0.25) is 0 Å². The van der Waals surface area contributed by atoms with Gasteiger partial charge >= 0.3 is 11.8 Å². The van der Waals surface area contributed by atoms with Gasteiger partial charge in [0, 0.05) is 11.3 Å². The number of hydrogen-bond donors (Lipinski definition) is 0. The van der Waals surface area contributed by atoms with Crippen LogP contribution in [0.25, 0.3) is 0 Å². The largest absolute Gasteiger partial charge is 0.349 e. The number of β-lactam (4-membered cyclic amide) rings is 1. The second kappa shape index (κ2) is 4.37. The molecule has 1 fully saturated rings. The predicted octanol–water partition coefficient (Wildman–Crippen LogP) is 3.55. The average Bonchev–Trinajstić information content (AvgIpc) is 2.46. The van der Waals surface area contributed by atoms with E-state index in [0.29, 0.717) is 5.69 Å². The summed E-state index contributed by atoms with van der Waals surface area (Å²) >= 11 is 0. The summed E-state index contributed by atoms with van der Waals surface area (Å²) in [6.07, 6.45) is 0. The first-order valence-corrected chi connectivity index (χ1v) is 6.04. The third kappa shape index (κ3) is 1.70. The number of benzene rings is 2. The van der Waals surface area contributed by atoms with Gasteiger partial charge in [0.05, 0.1) is 0 Å². The van der Waals surface area contributed by atoms with Crippen molar-refractivity contribution < 1.29 is 18.0 Å². The maximum atomic E-state index is 13.8. The molecular weight excluding hydrogens is 267 g/mol. The molecule has 2 aromatic rings. The van der Waals surface area contributed by atoms with E-state index in [1.165, 1.54) is 18.2 Å². The molecule has 0 aliphatic carbocycles. The molecule has 5 heteroatoms. The van der Waals surface area contributed by atoms with Gasteiger partial charge in [-0.2, -0.15) is 8.78 Å². The van der Waals surface area contributed by atoms with E-state index in [4.69, 9.17) is 0 Å². The Balaban J connectivity index is 2.07. The van der Waals surface area contributed by atoms with E-state index in [0.717, 1.165) is 11.0 Å². The maximum absolute atomic E-state index is 13.8. The van der Waals surface area contributed by atoms with Crippen molar-refractivity contribution in [3.05, 3.63) is 66.0 Å². The molecule has 1 aliphatic rings. The summed E-state index contributed by atoms with van der Waals surface area (Å²) in [5.41, 5.74) is 0.151. The van der Waals surface area contributed by atoms with Gasteiger partial charge in [-0.05, 0) is 18.2 Å². The van der Waals surface area contributed by atoms with Crippen molar-refractivity contribution in [3.63, 3.8) is 0 Å². The van der Waals surface area contributed by atoms with Crippen molar-refractivity contribution in [1.29, 1.82) is 0 Å². The number of halogens is 3. The molecule has 102 valence electrons. The Morgan fingerprint density at radius 2 is 1.55 bits per heavy atom. The summed E-state index contributed by atoms with van der Waals surface area (Å²) in [4.78, 5) is 12.6. The topological polar surface area (TPSA) is 20.3 Å². The minimum atomic E-state index is -3.59. The Kier molecular flexibility index (Phi) is 2.78. The molecule has 0 spiro atoms. The first kappa shape index (κ1) is 12.7. The molecule has 3 rings (SSSR count). The van der Waals surface area contributed by atoms with Gasteiger partial charge in [-0.1, -0.05) is 36.4 Å². The van der Waals surface area contributed by atoms with Crippen molar-refractivity contribution in [2.75, 3.05) is 4.90 Å². The Bertz CT molecular complexity index is 657. The minimum absolute atomic E-state index is 0.180. The van der Waals surface area contributed by atoms with Gasteiger partial charge in [0.15, 0.2) is 0 Å². The average molecular weight is 277 g/mol. The lowest BCUT2D eigenvalue weighted by atomic mass is 9.88. The number of nitrogens with zero attached hydrogens (tertiary/aromatic N) is 1. The molecular formula is C15H10F3NO.